The number of fused-ring (bicyclic) bond motifs is 3. The third-order valence-corrected chi connectivity index (χ3v) is 12.3. The number of piperidine rings is 1. The third kappa shape index (κ3) is 6.78. The first-order valence-electron chi connectivity index (χ1n) is 18.9. The fourth-order valence-corrected chi connectivity index (χ4v) is 9.37. The van der Waals surface area contributed by atoms with Crippen LogP contribution >= 0.6 is 7.92 Å². The second-order valence-electron chi connectivity index (χ2n) is 14.6. The predicted octanol–water partition coefficient (Wildman–Crippen LogP) is 5.40. The molecule has 3 aromatic heterocycles. The number of aromatic nitrogens is 5. The average molecular weight is 748 g/mol. The van der Waals surface area contributed by atoms with E-state index < -0.39 is 7.92 Å². The molecule has 0 bridgehead atoms. The highest BCUT2D eigenvalue weighted by Crippen LogP contribution is 2.51. The molecule has 1 amide bonds. The highest BCUT2D eigenvalue weighted by atomic mass is 31.1. The Balaban J connectivity index is 1.02. The van der Waals surface area contributed by atoms with E-state index in [1.54, 1.807) is 12.4 Å². The lowest BCUT2D eigenvalue weighted by molar-refractivity contribution is -0.111. The molecule has 280 valence electrons. The minimum Gasteiger partial charge on any atom is -0.484 e. The topological polar surface area (TPSA) is 149 Å². The quantitative estimate of drug-likeness (QED) is 0.107. The van der Waals surface area contributed by atoms with Crippen LogP contribution in [-0.4, -0.2) is 119 Å². The number of hydrogen-bond acceptors (Lipinski definition) is 12. The Bertz CT molecular complexity index is 2210. The van der Waals surface area contributed by atoms with E-state index >= 15 is 0 Å². The van der Waals surface area contributed by atoms with Crippen LogP contribution in [0.5, 0.6) is 11.5 Å². The molecule has 9 rings (SSSR count). The molecule has 0 spiro atoms. The molecule has 4 N–H and O–H groups in total. The van der Waals surface area contributed by atoms with Crippen LogP contribution < -0.4 is 35.6 Å². The van der Waals surface area contributed by atoms with Gasteiger partial charge in [0.1, 0.15) is 30.4 Å². The number of anilines is 6. The first-order valence-corrected chi connectivity index (χ1v) is 21.1. The highest BCUT2D eigenvalue weighted by molar-refractivity contribution is 7.65. The van der Waals surface area contributed by atoms with Gasteiger partial charge in [0.05, 0.1) is 27.8 Å². The van der Waals surface area contributed by atoms with Gasteiger partial charge in [0.15, 0.2) is 11.5 Å². The van der Waals surface area contributed by atoms with Crippen molar-refractivity contribution in [1.82, 2.24) is 34.7 Å². The molecular weight excluding hydrogens is 701 g/mol. The van der Waals surface area contributed by atoms with Crippen LogP contribution in [0, 0.1) is 0 Å². The van der Waals surface area contributed by atoms with E-state index in [-0.39, 0.29) is 5.91 Å². The van der Waals surface area contributed by atoms with Gasteiger partial charge in [-0.15, -0.1) is 0 Å². The van der Waals surface area contributed by atoms with Crippen molar-refractivity contribution in [2.24, 2.45) is 0 Å². The lowest BCUT2D eigenvalue weighted by atomic mass is 10.0. The van der Waals surface area contributed by atoms with Crippen LogP contribution in [0.2, 0.25) is 0 Å². The molecule has 2 aromatic carbocycles. The third-order valence-electron chi connectivity index (χ3n) is 10.9. The maximum Gasteiger partial charge on any atom is 0.247 e. The number of carbonyl (C=O) groups is 1. The van der Waals surface area contributed by atoms with Crippen LogP contribution in [0.4, 0.5) is 34.5 Å². The monoisotopic (exact) mass is 747 g/mol. The number of piperazine rings is 1. The van der Waals surface area contributed by atoms with Gasteiger partial charge in [-0.3, -0.25) is 24.6 Å². The van der Waals surface area contributed by atoms with E-state index in [4.69, 9.17) is 19.4 Å². The van der Waals surface area contributed by atoms with E-state index in [2.05, 4.69) is 65.5 Å². The zero-order valence-corrected chi connectivity index (χ0v) is 31.7. The Labute approximate surface area is 315 Å². The lowest BCUT2D eigenvalue weighted by Gasteiger charge is -2.44. The summed E-state index contributed by atoms with van der Waals surface area (Å²) in [4.78, 5) is 42.8. The summed E-state index contributed by atoms with van der Waals surface area (Å²) in [6.45, 7) is 15.2. The number of amides is 1. The second kappa shape index (κ2) is 14.7. The summed E-state index contributed by atoms with van der Waals surface area (Å²) < 4.78 is 12.7. The number of benzene rings is 2. The summed E-state index contributed by atoms with van der Waals surface area (Å²) in [5, 5.41) is 12.0. The average Bonchev–Trinajstić information content (AvgIpc) is 3.94. The fourth-order valence-electron chi connectivity index (χ4n) is 8.16. The highest BCUT2D eigenvalue weighted by Gasteiger charge is 2.35. The lowest BCUT2D eigenvalue weighted by Crippen LogP contribution is -2.53. The van der Waals surface area contributed by atoms with Crippen molar-refractivity contribution in [2.75, 3.05) is 86.7 Å². The van der Waals surface area contributed by atoms with Gasteiger partial charge in [0.25, 0.3) is 0 Å². The number of carbonyl (C=O) groups excluding carboxylic acids is 1. The molecule has 0 unspecified atom stereocenters. The summed E-state index contributed by atoms with van der Waals surface area (Å²) in [6.07, 6.45) is 11.4. The number of rotatable bonds is 10. The van der Waals surface area contributed by atoms with Gasteiger partial charge in [0.2, 0.25) is 11.9 Å². The molecule has 4 aliphatic rings. The maximum atomic E-state index is 12.9. The standard InChI is InChI=1S/C39H46N11O3P/c1-4-31(51)43-29-23-30(34-35(53-22-21-52-34)33(29)50-15-10-25(11-16-50)49-19-17-48(18-20-49)24-5-6-24)45-39-46-37-26(9-12-42-37)38(47-39)44-28-8-7-27-32(36(28)54(2)3)41-14-13-40-27/h4,7-9,12-14,23-25H,1,5-6,10-11,15-22H2,2-3H3,(H,43,51)(H3,42,44,45,46,47). The van der Waals surface area contributed by atoms with E-state index in [9.17, 15) is 4.79 Å². The first kappa shape index (κ1) is 34.7. The van der Waals surface area contributed by atoms with E-state index in [1.807, 2.05) is 30.5 Å². The normalized spacial score (nSPS) is 18.3. The van der Waals surface area contributed by atoms with Crippen molar-refractivity contribution in [2.45, 2.75) is 37.8 Å². The molecule has 0 atom stereocenters. The minimum atomic E-state index is -0.539. The molecule has 6 heterocycles. The molecular formula is C39H46N11O3P. The molecule has 3 fully saturated rings. The number of aromatic amines is 1. The molecule has 3 aliphatic heterocycles. The first-order chi connectivity index (χ1) is 26.4. The number of nitrogens with zero attached hydrogens (tertiary/aromatic N) is 7. The van der Waals surface area contributed by atoms with Crippen LogP contribution in [0.15, 0.2) is 55.5 Å². The van der Waals surface area contributed by atoms with Crippen LogP contribution in [-0.2, 0) is 4.79 Å². The van der Waals surface area contributed by atoms with Gasteiger partial charge in [-0.2, -0.15) is 9.97 Å². The van der Waals surface area contributed by atoms with Crippen LogP contribution in [0.3, 0.4) is 0 Å². The second-order valence-corrected chi connectivity index (χ2v) is 16.8. The molecule has 14 nitrogen and oxygen atoms in total. The Morgan fingerprint density at radius 1 is 0.870 bits per heavy atom. The summed E-state index contributed by atoms with van der Waals surface area (Å²) >= 11 is 0. The van der Waals surface area contributed by atoms with E-state index in [0.717, 1.165) is 78.2 Å². The smallest absolute Gasteiger partial charge is 0.247 e. The number of nitrogens with one attached hydrogen (secondary N) is 4. The van der Waals surface area contributed by atoms with Crippen molar-refractivity contribution in [3.8, 4) is 11.5 Å². The Kier molecular flexibility index (Phi) is 9.42. The summed E-state index contributed by atoms with van der Waals surface area (Å²) in [5.41, 5.74) is 5.34. The molecule has 2 saturated heterocycles. The molecule has 15 heteroatoms. The van der Waals surface area contributed by atoms with E-state index in [0.29, 0.717) is 59.5 Å². The zero-order valence-electron chi connectivity index (χ0n) is 30.8. The largest absolute Gasteiger partial charge is 0.484 e. The van der Waals surface area contributed by atoms with Gasteiger partial charge in [0, 0.05) is 80.9 Å². The van der Waals surface area contributed by atoms with Crippen molar-refractivity contribution >= 4 is 75.7 Å². The van der Waals surface area contributed by atoms with E-state index in [1.165, 1.54) is 32.0 Å². The molecule has 1 aliphatic carbocycles. The Morgan fingerprint density at radius 2 is 1.59 bits per heavy atom. The van der Waals surface area contributed by atoms with Crippen molar-refractivity contribution in [3.05, 3.63) is 55.5 Å². The molecule has 5 aromatic rings. The maximum absolute atomic E-state index is 12.9. The molecule has 54 heavy (non-hydrogen) atoms. The van der Waals surface area contributed by atoms with Crippen molar-refractivity contribution in [1.29, 1.82) is 0 Å². The van der Waals surface area contributed by atoms with Gasteiger partial charge in [-0.05, 0) is 69.4 Å². The minimum absolute atomic E-state index is 0.305. The number of ether oxygens (including phenoxy) is 2. The Hall–Kier alpha value is -5.04. The SMILES string of the molecule is C=CC(=O)Nc1cc(Nc2nc(Nc3ccc4nccnc4c3P(C)C)c3cc[nH]c3n2)c2c(c1N1CCC(N3CCN(C4CC4)CC3)CC1)OCCO2. The van der Waals surface area contributed by atoms with Crippen molar-refractivity contribution in [3.63, 3.8) is 0 Å². The summed E-state index contributed by atoms with van der Waals surface area (Å²) in [6, 6.07) is 9.24. The van der Waals surface area contributed by atoms with Gasteiger partial charge >= 0.3 is 0 Å². The van der Waals surface area contributed by atoms with Crippen LogP contribution in [0.25, 0.3) is 22.1 Å². The van der Waals surface area contributed by atoms with Gasteiger partial charge in [-0.25, -0.2) is 0 Å². The number of H-pyrrole nitrogens is 1. The zero-order chi connectivity index (χ0) is 36.8. The fraction of sp³-hybridized carbons (Fsp3) is 0.410. The van der Waals surface area contributed by atoms with Gasteiger partial charge < -0.3 is 35.3 Å². The molecule has 0 radical (unpaired) electrons. The summed E-state index contributed by atoms with van der Waals surface area (Å²) in [7, 11) is -0.539. The van der Waals surface area contributed by atoms with Crippen molar-refractivity contribution < 1.29 is 14.3 Å². The van der Waals surface area contributed by atoms with Crippen LogP contribution in [0.1, 0.15) is 25.7 Å². The predicted molar refractivity (Wildman–Crippen MR) is 216 cm³/mol. The van der Waals surface area contributed by atoms with Gasteiger partial charge in [-0.1, -0.05) is 14.5 Å². The summed E-state index contributed by atoms with van der Waals surface area (Å²) in [5.74, 6) is 1.83. The number of hydrogen-bond donors (Lipinski definition) is 4. The molecule has 1 saturated carbocycles. The Morgan fingerprint density at radius 3 is 2.31 bits per heavy atom.